The molecule has 0 bridgehead atoms. The van der Waals surface area contributed by atoms with Crippen LogP contribution in [0, 0.1) is 6.92 Å². The molecule has 2 aliphatic heterocycles. The van der Waals surface area contributed by atoms with Crippen LogP contribution >= 0.6 is 11.6 Å². The normalized spacial score (nSPS) is 20.7. The van der Waals surface area contributed by atoms with E-state index in [2.05, 4.69) is 20.9 Å². The summed E-state index contributed by atoms with van der Waals surface area (Å²) in [7, 11) is 1.90. The minimum atomic E-state index is -0.750. The Morgan fingerprint density at radius 1 is 1.33 bits per heavy atom. The molecule has 2 aliphatic rings. The Kier molecular flexibility index (Phi) is 5.79. The number of pyridine rings is 1. The lowest BCUT2D eigenvalue weighted by atomic mass is 9.98. The molecule has 0 unspecified atom stereocenters. The van der Waals surface area contributed by atoms with Crippen molar-refractivity contribution in [2.24, 2.45) is 0 Å². The topological polar surface area (TPSA) is 105 Å². The molecule has 10 heteroatoms. The Labute approximate surface area is 195 Å². The minimum absolute atomic E-state index is 0.205. The first-order valence-corrected chi connectivity index (χ1v) is 11.2. The quantitative estimate of drug-likeness (QED) is 0.533. The number of hydrogen-bond acceptors (Lipinski definition) is 8. The van der Waals surface area contributed by atoms with Crippen LogP contribution in [0.25, 0.3) is 16.6 Å². The van der Waals surface area contributed by atoms with Crippen molar-refractivity contribution in [1.82, 2.24) is 30.5 Å². The molecule has 0 radical (unpaired) electrons. The molecule has 1 fully saturated rings. The molecule has 0 amide bonds. The van der Waals surface area contributed by atoms with Crippen LogP contribution in [0.15, 0.2) is 41.7 Å². The summed E-state index contributed by atoms with van der Waals surface area (Å²) in [6, 6.07) is 5.46. The number of ether oxygens (including phenoxy) is 1. The third kappa shape index (κ3) is 4.08. The molecule has 0 aliphatic carbocycles. The molecule has 3 N–H and O–H groups in total. The fourth-order valence-corrected chi connectivity index (χ4v) is 4.56. The molecule has 2 atom stereocenters. The van der Waals surface area contributed by atoms with Crippen molar-refractivity contribution >= 4 is 28.2 Å². The number of halogens is 1. The van der Waals surface area contributed by atoms with Crippen molar-refractivity contribution in [3.05, 3.63) is 74.7 Å². The van der Waals surface area contributed by atoms with Crippen LogP contribution in [0.1, 0.15) is 34.8 Å². The maximum atomic E-state index is 13.3. The summed E-state index contributed by atoms with van der Waals surface area (Å²) in [5, 5.41) is 13.0. The Bertz CT molecular complexity index is 1290. The molecule has 3 aromatic rings. The number of nitrogens with zero attached hydrogens (tertiary/aromatic N) is 4. The van der Waals surface area contributed by atoms with Gasteiger partial charge in [0.1, 0.15) is 0 Å². The number of aromatic nitrogens is 3. The second-order valence-corrected chi connectivity index (χ2v) is 8.82. The first-order chi connectivity index (χ1) is 15.9. The maximum Gasteiger partial charge on any atom is 0.261 e. The summed E-state index contributed by atoms with van der Waals surface area (Å²) in [5.74, 6) is 0. The Morgan fingerprint density at radius 2 is 2.18 bits per heavy atom. The summed E-state index contributed by atoms with van der Waals surface area (Å²) in [6.07, 6.45) is 5.61. The number of fused-ring (bicyclic) bond motifs is 1. The smallest absolute Gasteiger partial charge is 0.261 e. The van der Waals surface area contributed by atoms with Gasteiger partial charge in [-0.25, -0.2) is 4.98 Å². The van der Waals surface area contributed by atoms with E-state index in [0.29, 0.717) is 35.4 Å². The van der Waals surface area contributed by atoms with E-state index in [0.717, 1.165) is 28.1 Å². The fraction of sp³-hybridized carbons (Fsp3) is 0.348. The summed E-state index contributed by atoms with van der Waals surface area (Å²) in [5.41, 5.74) is 10.8. The minimum Gasteiger partial charge on any atom is -0.389 e. The molecule has 1 saturated heterocycles. The van der Waals surface area contributed by atoms with Gasteiger partial charge in [0.25, 0.3) is 5.56 Å². The van der Waals surface area contributed by atoms with Crippen molar-refractivity contribution in [3.8, 4) is 0 Å². The van der Waals surface area contributed by atoms with Crippen molar-refractivity contribution in [2.75, 3.05) is 20.3 Å². The first-order valence-electron chi connectivity index (χ1n) is 10.8. The van der Waals surface area contributed by atoms with E-state index in [1.165, 1.54) is 10.9 Å². The van der Waals surface area contributed by atoms with Gasteiger partial charge >= 0.3 is 0 Å². The third-order valence-corrected chi connectivity index (χ3v) is 6.66. The number of benzene rings is 1. The van der Waals surface area contributed by atoms with Crippen LogP contribution in [0.4, 0.5) is 0 Å². The standard InChI is InChI=1S/C23H25ClN6O3/c1-13-15(7-14-3-4-17(25-9-14)18-10-29(2)28-27-18)8-16-22(21(13)24)26-12-30(23(16)32)19-5-6-33-11-20(19)31/h3-4,8-10,12,19-20,27-28,31H,5-7,11H2,1-2H3/t19-,20-/m0/s1. The van der Waals surface area contributed by atoms with E-state index in [1.54, 1.807) is 0 Å². The second kappa shape index (κ2) is 8.75. The van der Waals surface area contributed by atoms with Crippen molar-refractivity contribution in [3.63, 3.8) is 0 Å². The lowest BCUT2D eigenvalue weighted by Crippen LogP contribution is -2.39. The zero-order valence-electron chi connectivity index (χ0n) is 18.4. The predicted molar refractivity (Wildman–Crippen MR) is 125 cm³/mol. The number of rotatable bonds is 4. The van der Waals surface area contributed by atoms with Crippen LogP contribution in [0.5, 0.6) is 0 Å². The lowest BCUT2D eigenvalue weighted by molar-refractivity contribution is -0.0395. The van der Waals surface area contributed by atoms with Gasteiger partial charge in [-0.2, -0.15) is 0 Å². The summed E-state index contributed by atoms with van der Waals surface area (Å²) < 4.78 is 6.81. The number of hydrogen-bond donors (Lipinski definition) is 3. The van der Waals surface area contributed by atoms with E-state index in [-0.39, 0.29) is 18.2 Å². The van der Waals surface area contributed by atoms with Crippen molar-refractivity contribution in [2.45, 2.75) is 31.9 Å². The highest BCUT2D eigenvalue weighted by Gasteiger charge is 2.27. The Hall–Kier alpha value is -2.98. The van der Waals surface area contributed by atoms with Gasteiger partial charge in [-0.15, -0.1) is 5.53 Å². The molecular weight excluding hydrogens is 444 g/mol. The number of nitrogens with one attached hydrogen (secondary N) is 2. The van der Waals surface area contributed by atoms with E-state index < -0.39 is 6.10 Å². The molecule has 9 nitrogen and oxygen atoms in total. The fourth-order valence-electron chi connectivity index (χ4n) is 4.29. The lowest BCUT2D eigenvalue weighted by Gasteiger charge is -2.29. The molecule has 0 saturated carbocycles. The van der Waals surface area contributed by atoms with Gasteiger partial charge in [0.15, 0.2) is 0 Å². The van der Waals surface area contributed by atoms with Crippen LogP contribution in [-0.2, 0) is 11.2 Å². The molecule has 172 valence electrons. The highest BCUT2D eigenvalue weighted by molar-refractivity contribution is 6.35. The van der Waals surface area contributed by atoms with Crippen molar-refractivity contribution in [1.29, 1.82) is 0 Å². The summed E-state index contributed by atoms with van der Waals surface area (Å²) >= 11 is 6.64. The summed E-state index contributed by atoms with van der Waals surface area (Å²) in [4.78, 5) is 22.4. The van der Waals surface area contributed by atoms with Crippen LogP contribution < -0.4 is 16.5 Å². The van der Waals surface area contributed by atoms with E-state index in [1.807, 2.05) is 49.6 Å². The van der Waals surface area contributed by atoms with Crippen LogP contribution in [0.3, 0.4) is 0 Å². The van der Waals surface area contributed by atoms with E-state index in [9.17, 15) is 9.90 Å². The maximum absolute atomic E-state index is 13.3. The van der Waals surface area contributed by atoms with Crippen molar-refractivity contribution < 1.29 is 9.84 Å². The average molecular weight is 469 g/mol. The molecule has 2 aromatic heterocycles. The largest absolute Gasteiger partial charge is 0.389 e. The monoisotopic (exact) mass is 468 g/mol. The van der Waals surface area contributed by atoms with Gasteiger partial charge in [-0.1, -0.05) is 17.7 Å². The number of aliphatic hydroxyl groups is 1. The zero-order chi connectivity index (χ0) is 23.1. The van der Waals surface area contributed by atoms with Gasteiger partial charge in [0.2, 0.25) is 0 Å². The van der Waals surface area contributed by atoms with E-state index >= 15 is 0 Å². The van der Waals surface area contributed by atoms with Gasteiger partial charge in [0, 0.05) is 26.1 Å². The Balaban J connectivity index is 1.49. The third-order valence-electron chi connectivity index (χ3n) is 6.20. The second-order valence-electron chi connectivity index (χ2n) is 8.45. The molecule has 33 heavy (non-hydrogen) atoms. The predicted octanol–water partition coefficient (Wildman–Crippen LogP) is 1.92. The molecule has 0 spiro atoms. The van der Waals surface area contributed by atoms with Gasteiger partial charge in [-0.05, 0) is 48.6 Å². The van der Waals surface area contributed by atoms with Gasteiger partial charge in [-0.3, -0.25) is 19.4 Å². The molecule has 5 rings (SSSR count). The number of aliphatic hydroxyl groups excluding tert-OH is 1. The average Bonchev–Trinajstić information content (AvgIpc) is 3.25. The molecule has 1 aromatic carbocycles. The Morgan fingerprint density at radius 3 is 2.88 bits per heavy atom. The highest BCUT2D eigenvalue weighted by Crippen LogP contribution is 2.29. The highest BCUT2D eigenvalue weighted by atomic mass is 35.5. The molecule has 4 heterocycles. The van der Waals surface area contributed by atoms with Crippen LogP contribution in [0.2, 0.25) is 5.02 Å². The zero-order valence-corrected chi connectivity index (χ0v) is 19.1. The van der Waals surface area contributed by atoms with Gasteiger partial charge in [0.05, 0.1) is 52.4 Å². The summed E-state index contributed by atoms with van der Waals surface area (Å²) in [6.45, 7) is 2.63. The van der Waals surface area contributed by atoms with Crippen LogP contribution in [-0.4, -0.2) is 51.0 Å². The van der Waals surface area contributed by atoms with Gasteiger partial charge < -0.3 is 15.3 Å². The first kappa shape index (κ1) is 21.8. The SMILES string of the molecule is Cc1c(Cc2ccc(C3=CN(C)NN3)nc2)cc2c(=O)n([C@H]3CCOC[C@@H]3O)cnc2c1Cl. The number of hydrazine groups is 2. The molecular formula is C23H25ClN6O3. The van der Waals surface area contributed by atoms with E-state index in [4.69, 9.17) is 16.3 Å².